The van der Waals surface area contributed by atoms with Gasteiger partial charge in [-0.3, -0.25) is 28.8 Å². The summed E-state index contributed by atoms with van der Waals surface area (Å²) in [5.41, 5.74) is 0. The number of fused-ring (bicyclic) bond motifs is 1. The second-order valence-corrected chi connectivity index (χ2v) is 11.9. The predicted molar refractivity (Wildman–Crippen MR) is 147 cm³/mol. The van der Waals surface area contributed by atoms with Crippen molar-refractivity contribution in [3.05, 3.63) is 0 Å². The van der Waals surface area contributed by atoms with Gasteiger partial charge in [-0.1, -0.05) is 27.7 Å². The van der Waals surface area contributed by atoms with E-state index in [0.29, 0.717) is 26.0 Å². The third kappa shape index (κ3) is 7.75. The third-order valence-corrected chi connectivity index (χ3v) is 8.08. The molecule has 3 fully saturated rings. The summed E-state index contributed by atoms with van der Waals surface area (Å²) in [7, 11) is 3.01. The maximum absolute atomic E-state index is 13.8. The maximum atomic E-state index is 13.8. The molecular formula is C28H45N5O8. The van der Waals surface area contributed by atoms with Crippen LogP contribution >= 0.6 is 0 Å². The number of carbonyl (C=O) groups is 6. The summed E-state index contributed by atoms with van der Waals surface area (Å²) < 4.78 is 10.8. The Kier molecular flexibility index (Phi) is 10.7. The lowest BCUT2D eigenvalue weighted by Crippen LogP contribution is -2.60. The van der Waals surface area contributed by atoms with Gasteiger partial charge in [-0.2, -0.15) is 0 Å². The highest BCUT2D eigenvalue weighted by molar-refractivity contribution is 5.96. The molecule has 5 amide bonds. The molecule has 3 saturated heterocycles. The van der Waals surface area contributed by atoms with E-state index in [1.807, 2.05) is 0 Å². The Bertz CT molecular complexity index is 1030. The first kappa shape index (κ1) is 32.3. The van der Waals surface area contributed by atoms with E-state index in [0.717, 1.165) is 0 Å². The first-order chi connectivity index (χ1) is 19.2. The minimum Gasteiger partial charge on any atom is -0.452 e. The molecule has 6 atom stereocenters. The van der Waals surface area contributed by atoms with E-state index in [2.05, 4.69) is 10.6 Å². The van der Waals surface area contributed by atoms with Crippen LogP contribution in [0.2, 0.25) is 0 Å². The van der Waals surface area contributed by atoms with Crippen molar-refractivity contribution in [2.75, 3.05) is 33.8 Å². The molecule has 2 N–H and O–H groups in total. The van der Waals surface area contributed by atoms with Crippen molar-refractivity contribution in [2.24, 2.45) is 11.8 Å². The quantitative estimate of drug-likeness (QED) is 0.339. The number of hydrogen-bond donors (Lipinski definition) is 2. The van der Waals surface area contributed by atoms with Crippen molar-refractivity contribution in [3.63, 3.8) is 0 Å². The van der Waals surface area contributed by atoms with Crippen LogP contribution in [0.4, 0.5) is 0 Å². The molecular weight excluding hydrogens is 534 g/mol. The van der Waals surface area contributed by atoms with Crippen molar-refractivity contribution in [3.8, 4) is 0 Å². The number of epoxide rings is 1. The molecule has 0 bridgehead atoms. The van der Waals surface area contributed by atoms with Crippen LogP contribution in [-0.2, 0) is 38.2 Å². The van der Waals surface area contributed by atoms with Crippen LogP contribution in [-0.4, -0.2) is 120 Å². The molecule has 0 aromatic carbocycles. The standard InChI is InChI=1S/C28H45N5O8/c1-15(2)22-27(38)32(7)23(16(3)4)28(39)31(6)17(5)24(35)29-11-10-21(34)41-20(13-18-14-40-18)26(37)33-12-8-9-19(33)25(36)30-22/h15-20,22-23H,8-14H2,1-7H3,(H,29,35)(H,30,36)/t17-,18?,19-,20+,22-,23-/m0/s1. The average molecular weight is 580 g/mol. The van der Waals surface area contributed by atoms with Crippen molar-refractivity contribution in [1.82, 2.24) is 25.3 Å². The molecule has 13 nitrogen and oxygen atoms in total. The molecule has 41 heavy (non-hydrogen) atoms. The minimum atomic E-state index is -1.13. The third-order valence-electron chi connectivity index (χ3n) is 8.08. The number of hydrogen-bond acceptors (Lipinski definition) is 8. The normalized spacial score (nSPS) is 31.4. The SMILES string of the molecule is CC(C)[C@@H]1NC(=O)[C@@H]2CCCN2C(=O)[C@@H](CC2CO2)OC(=O)CCNC(=O)[C@H](C)N(C)C(=O)[C@H](C(C)C)N(C)C1=O. The molecule has 3 aliphatic heterocycles. The zero-order chi connectivity index (χ0) is 30.6. The number of ether oxygens (including phenoxy) is 2. The minimum absolute atomic E-state index is 0.0539. The van der Waals surface area contributed by atoms with Gasteiger partial charge in [0.1, 0.15) is 24.2 Å². The first-order valence-electron chi connectivity index (χ1n) is 14.5. The number of nitrogens with zero attached hydrogens (tertiary/aromatic N) is 3. The second-order valence-electron chi connectivity index (χ2n) is 11.9. The topological polar surface area (TPSA) is 158 Å². The van der Waals surface area contributed by atoms with Gasteiger partial charge in [0.2, 0.25) is 23.6 Å². The van der Waals surface area contributed by atoms with Gasteiger partial charge >= 0.3 is 5.97 Å². The summed E-state index contributed by atoms with van der Waals surface area (Å²) in [4.78, 5) is 84.0. The van der Waals surface area contributed by atoms with Crippen molar-refractivity contribution in [1.29, 1.82) is 0 Å². The predicted octanol–water partition coefficient (Wildman–Crippen LogP) is -0.331. The molecule has 3 heterocycles. The molecule has 13 heteroatoms. The number of amides is 5. The summed E-state index contributed by atoms with van der Waals surface area (Å²) in [6.45, 7) is 9.46. The van der Waals surface area contributed by atoms with E-state index in [1.165, 1.54) is 28.8 Å². The number of esters is 1. The van der Waals surface area contributed by atoms with E-state index in [1.54, 1.807) is 34.6 Å². The maximum Gasteiger partial charge on any atom is 0.308 e. The van der Waals surface area contributed by atoms with Gasteiger partial charge in [-0.05, 0) is 31.6 Å². The zero-order valence-electron chi connectivity index (χ0n) is 25.2. The summed E-state index contributed by atoms with van der Waals surface area (Å²) in [5.74, 6) is -3.61. The van der Waals surface area contributed by atoms with Gasteiger partial charge in [0.25, 0.3) is 5.91 Å². The molecule has 0 aliphatic carbocycles. The summed E-state index contributed by atoms with van der Waals surface area (Å²) in [6.07, 6.45) is -0.393. The van der Waals surface area contributed by atoms with E-state index < -0.39 is 65.8 Å². The van der Waals surface area contributed by atoms with Crippen LogP contribution < -0.4 is 10.6 Å². The monoisotopic (exact) mass is 579 g/mol. The van der Waals surface area contributed by atoms with Gasteiger partial charge in [0, 0.05) is 33.6 Å². The molecule has 0 spiro atoms. The number of rotatable bonds is 4. The molecule has 230 valence electrons. The molecule has 0 aromatic rings. The number of nitrogens with one attached hydrogen (secondary N) is 2. The van der Waals surface area contributed by atoms with Gasteiger partial charge in [0.05, 0.1) is 19.1 Å². The van der Waals surface area contributed by atoms with E-state index in [-0.39, 0.29) is 37.3 Å². The molecule has 1 unspecified atom stereocenters. The average Bonchev–Trinajstić information content (AvgIpc) is 3.59. The summed E-state index contributed by atoms with van der Waals surface area (Å²) >= 11 is 0. The number of cyclic esters (lactones) is 1. The lowest BCUT2D eigenvalue weighted by Gasteiger charge is -2.37. The Morgan fingerprint density at radius 1 is 0.902 bits per heavy atom. The Hall–Kier alpha value is -3.22. The molecule has 0 saturated carbocycles. The Morgan fingerprint density at radius 3 is 2.15 bits per heavy atom. The molecule has 0 radical (unpaired) electrons. The highest BCUT2D eigenvalue weighted by Crippen LogP contribution is 2.25. The fourth-order valence-corrected chi connectivity index (χ4v) is 5.38. The summed E-state index contributed by atoms with van der Waals surface area (Å²) in [5, 5.41) is 5.48. The number of likely N-dealkylation sites (N-methyl/N-ethyl adjacent to an activating group) is 2. The van der Waals surface area contributed by atoms with Crippen LogP contribution in [0.3, 0.4) is 0 Å². The largest absolute Gasteiger partial charge is 0.452 e. The first-order valence-corrected chi connectivity index (χ1v) is 14.5. The zero-order valence-corrected chi connectivity index (χ0v) is 25.2. The smallest absolute Gasteiger partial charge is 0.308 e. The van der Waals surface area contributed by atoms with Crippen molar-refractivity contribution >= 4 is 35.5 Å². The lowest BCUT2D eigenvalue weighted by molar-refractivity contribution is -0.162. The highest BCUT2D eigenvalue weighted by Gasteiger charge is 2.43. The van der Waals surface area contributed by atoms with Gasteiger partial charge in [0.15, 0.2) is 6.10 Å². The van der Waals surface area contributed by atoms with Gasteiger partial charge < -0.3 is 34.8 Å². The second kappa shape index (κ2) is 13.6. The Morgan fingerprint density at radius 2 is 1.56 bits per heavy atom. The van der Waals surface area contributed by atoms with Crippen LogP contribution in [0, 0.1) is 11.8 Å². The molecule has 3 aliphatic rings. The van der Waals surface area contributed by atoms with Crippen LogP contribution in [0.1, 0.15) is 60.3 Å². The van der Waals surface area contributed by atoms with Crippen molar-refractivity contribution in [2.45, 2.75) is 96.7 Å². The fourth-order valence-electron chi connectivity index (χ4n) is 5.38. The highest BCUT2D eigenvalue weighted by atomic mass is 16.6. The fraction of sp³-hybridized carbons (Fsp3) is 0.786. The Labute approximate surface area is 241 Å². The Balaban J connectivity index is 1.96. The molecule has 3 rings (SSSR count). The lowest BCUT2D eigenvalue weighted by atomic mass is 9.97. The number of carbonyl (C=O) groups excluding carboxylic acids is 6. The van der Waals surface area contributed by atoms with Crippen molar-refractivity contribution < 1.29 is 38.2 Å². The van der Waals surface area contributed by atoms with E-state index >= 15 is 0 Å². The van der Waals surface area contributed by atoms with E-state index in [9.17, 15) is 28.8 Å². The van der Waals surface area contributed by atoms with Crippen LogP contribution in [0.25, 0.3) is 0 Å². The van der Waals surface area contributed by atoms with Crippen LogP contribution in [0.15, 0.2) is 0 Å². The molecule has 0 aromatic heterocycles. The summed E-state index contributed by atoms with van der Waals surface area (Å²) in [6, 6.07) is -3.58. The van der Waals surface area contributed by atoms with Gasteiger partial charge in [-0.25, -0.2) is 0 Å². The van der Waals surface area contributed by atoms with Gasteiger partial charge in [-0.15, -0.1) is 0 Å². The van der Waals surface area contributed by atoms with Crippen LogP contribution in [0.5, 0.6) is 0 Å². The van der Waals surface area contributed by atoms with E-state index in [4.69, 9.17) is 9.47 Å².